The molecule has 3 rings (SSSR count). The van der Waals surface area contributed by atoms with E-state index in [4.69, 9.17) is 5.73 Å². The van der Waals surface area contributed by atoms with Crippen molar-refractivity contribution in [2.75, 3.05) is 19.6 Å². The minimum absolute atomic E-state index is 0.348. The standard InChI is InChI=1S/C21H27FN4O/c22-19-3-1-2-18(14-19)21(20(23)27,15-17-6-11-25-12-7-17)26-13-8-16-4-9-24-10-5-16/h1-3,6-7,11-12,14,16,24,26H,4-5,8-10,13,15H2,(H2,23,27). The summed E-state index contributed by atoms with van der Waals surface area (Å²) in [5, 5.41) is 6.75. The summed E-state index contributed by atoms with van der Waals surface area (Å²) in [4.78, 5) is 16.7. The van der Waals surface area contributed by atoms with Gasteiger partial charge in [0.15, 0.2) is 0 Å². The molecule has 5 nitrogen and oxygen atoms in total. The minimum Gasteiger partial charge on any atom is -0.368 e. The van der Waals surface area contributed by atoms with Crippen LogP contribution in [0.25, 0.3) is 0 Å². The summed E-state index contributed by atoms with van der Waals surface area (Å²) >= 11 is 0. The van der Waals surface area contributed by atoms with Gasteiger partial charge in [0.05, 0.1) is 0 Å². The number of carbonyl (C=O) groups excluding carboxylic acids is 1. The number of hydrogen-bond donors (Lipinski definition) is 3. The van der Waals surface area contributed by atoms with Gasteiger partial charge in [-0.1, -0.05) is 12.1 Å². The summed E-state index contributed by atoms with van der Waals surface area (Å²) in [5.41, 5.74) is 6.19. The molecule has 6 heteroatoms. The quantitative estimate of drug-likeness (QED) is 0.665. The SMILES string of the molecule is NC(=O)C(Cc1ccncc1)(NCCC1CCNCC1)c1cccc(F)c1. The molecule has 1 aliphatic rings. The Morgan fingerprint density at radius 2 is 2.00 bits per heavy atom. The van der Waals surface area contributed by atoms with Crippen LogP contribution in [-0.2, 0) is 16.8 Å². The predicted molar refractivity (Wildman–Crippen MR) is 103 cm³/mol. The van der Waals surface area contributed by atoms with E-state index in [1.165, 1.54) is 12.1 Å². The van der Waals surface area contributed by atoms with Crippen LogP contribution in [0.2, 0.25) is 0 Å². The zero-order valence-corrected chi connectivity index (χ0v) is 15.5. The Hall–Kier alpha value is -2.31. The first-order valence-corrected chi connectivity index (χ1v) is 9.51. The van der Waals surface area contributed by atoms with Crippen LogP contribution >= 0.6 is 0 Å². The third kappa shape index (κ3) is 4.90. The number of nitrogens with zero attached hydrogens (tertiary/aromatic N) is 1. The molecule has 2 aromatic rings. The lowest BCUT2D eigenvalue weighted by molar-refractivity contribution is -0.124. The molecule has 1 fully saturated rings. The number of pyridine rings is 1. The molecular formula is C21H27FN4O. The number of hydrogen-bond acceptors (Lipinski definition) is 4. The Kier molecular flexibility index (Phi) is 6.53. The second kappa shape index (κ2) is 9.06. The zero-order chi connectivity index (χ0) is 19.1. The van der Waals surface area contributed by atoms with Crippen LogP contribution < -0.4 is 16.4 Å². The summed E-state index contributed by atoms with van der Waals surface area (Å²) in [6.45, 7) is 2.72. The predicted octanol–water partition coefficient (Wildman–Crippen LogP) is 2.12. The number of nitrogens with one attached hydrogen (secondary N) is 2. The molecule has 27 heavy (non-hydrogen) atoms. The Balaban J connectivity index is 1.84. The van der Waals surface area contributed by atoms with Gasteiger partial charge in [-0.3, -0.25) is 15.1 Å². The molecule has 1 atom stereocenters. The normalized spacial score (nSPS) is 17.4. The first kappa shape index (κ1) is 19.5. The van der Waals surface area contributed by atoms with Crippen molar-refractivity contribution in [2.24, 2.45) is 11.7 Å². The van der Waals surface area contributed by atoms with Gasteiger partial charge >= 0.3 is 0 Å². The van der Waals surface area contributed by atoms with Crippen LogP contribution in [0.4, 0.5) is 4.39 Å². The molecule has 1 saturated heterocycles. The van der Waals surface area contributed by atoms with Crippen molar-refractivity contribution in [3.63, 3.8) is 0 Å². The smallest absolute Gasteiger partial charge is 0.242 e. The van der Waals surface area contributed by atoms with Gasteiger partial charge in [0, 0.05) is 18.8 Å². The van der Waals surface area contributed by atoms with Crippen molar-refractivity contribution in [1.29, 1.82) is 0 Å². The minimum atomic E-state index is -1.16. The molecule has 0 bridgehead atoms. The van der Waals surface area contributed by atoms with E-state index in [0.29, 0.717) is 24.4 Å². The van der Waals surface area contributed by atoms with Gasteiger partial charge in [-0.25, -0.2) is 4.39 Å². The number of amides is 1. The highest BCUT2D eigenvalue weighted by Gasteiger charge is 2.38. The monoisotopic (exact) mass is 370 g/mol. The lowest BCUT2D eigenvalue weighted by Gasteiger charge is -2.34. The number of aromatic nitrogens is 1. The van der Waals surface area contributed by atoms with Crippen molar-refractivity contribution >= 4 is 5.91 Å². The molecule has 1 amide bonds. The van der Waals surface area contributed by atoms with E-state index in [1.54, 1.807) is 24.5 Å². The Bertz CT molecular complexity index is 749. The average Bonchev–Trinajstić information content (AvgIpc) is 2.68. The molecule has 0 radical (unpaired) electrons. The number of benzene rings is 1. The van der Waals surface area contributed by atoms with E-state index >= 15 is 0 Å². The lowest BCUT2D eigenvalue weighted by Crippen LogP contribution is -2.55. The van der Waals surface area contributed by atoms with Gasteiger partial charge < -0.3 is 11.1 Å². The molecule has 144 valence electrons. The van der Waals surface area contributed by atoms with Crippen LogP contribution in [0.3, 0.4) is 0 Å². The largest absolute Gasteiger partial charge is 0.368 e. The number of piperidine rings is 1. The van der Waals surface area contributed by atoms with Crippen LogP contribution in [0.15, 0.2) is 48.8 Å². The fraction of sp³-hybridized carbons (Fsp3) is 0.429. The summed E-state index contributed by atoms with van der Waals surface area (Å²) in [5.74, 6) is -0.263. The summed E-state index contributed by atoms with van der Waals surface area (Å²) < 4.78 is 13.9. The molecule has 0 saturated carbocycles. The first-order chi connectivity index (χ1) is 13.1. The van der Waals surface area contributed by atoms with Crippen LogP contribution in [0, 0.1) is 11.7 Å². The maximum atomic E-state index is 13.9. The van der Waals surface area contributed by atoms with Crippen molar-refractivity contribution in [3.8, 4) is 0 Å². The highest BCUT2D eigenvalue weighted by atomic mass is 19.1. The number of carbonyl (C=O) groups is 1. The van der Waals surface area contributed by atoms with E-state index in [1.807, 2.05) is 12.1 Å². The molecular weight excluding hydrogens is 343 g/mol. The van der Waals surface area contributed by atoms with E-state index in [9.17, 15) is 9.18 Å². The molecule has 2 heterocycles. The lowest BCUT2D eigenvalue weighted by atomic mass is 9.82. The fourth-order valence-electron chi connectivity index (χ4n) is 3.80. The fourth-order valence-corrected chi connectivity index (χ4v) is 3.80. The highest BCUT2D eigenvalue weighted by Crippen LogP contribution is 2.27. The van der Waals surface area contributed by atoms with E-state index in [2.05, 4.69) is 15.6 Å². The third-order valence-corrected chi connectivity index (χ3v) is 5.39. The Morgan fingerprint density at radius 3 is 2.67 bits per heavy atom. The van der Waals surface area contributed by atoms with Crippen LogP contribution in [-0.4, -0.2) is 30.5 Å². The number of halogens is 1. The van der Waals surface area contributed by atoms with Crippen molar-refractivity contribution in [2.45, 2.75) is 31.2 Å². The van der Waals surface area contributed by atoms with Gasteiger partial charge in [0.1, 0.15) is 11.4 Å². The number of nitrogens with two attached hydrogens (primary N) is 1. The van der Waals surface area contributed by atoms with Gasteiger partial charge in [0.25, 0.3) is 0 Å². The zero-order valence-electron chi connectivity index (χ0n) is 15.5. The van der Waals surface area contributed by atoms with Crippen LogP contribution in [0.5, 0.6) is 0 Å². The van der Waals surface area contributed by atoms with Crippen molar-refractivity contribution in [3.05, 3.63) is 65.7 Å². The maximum Gasteiger partial charge on any atom is 0.242 e. The van der Waals surface area contributed by atoms with Gasteiger partial charge in [-0.15, -0.1) is 0 Å². The van der Waals surface area contributed by atoms with E-state index in [-0.39, 0.29) is 5.82 Å². The topological polar surface area (TPSA) is 80.0 Å². The summed E-state index contributed by atoms with van der Waals surface area (Å²) in [6.07, 6.45) is 6.94. The van der Waals surface area contributed by atoms with E-state index in [0.717, 1.165) is 37.9 Å². The number of primary amides is 1. The van der Waals surface area contributed by atoms with Crippen LogP contribution in [0.1, 0.15) is 30.4 Å². The molecule has 1 aromatic heterocycles. The van der Waals surface area contributed by atoms with Gasteiger partial charge in [0.2, 0.25) is 5.91 Å². The summed E-state index contributed by atoms with van der Waals surface area (Å²) in [6, 6.07) is 9.84. The second-order valence-corrected chi connectivity index (χ2v) is 7.22. The molecule has 4 N–H and O–H groups in total. The molecule has 0 aliphatic carbocycles. The maximum absolute atomic E-state index is 13.9. The molecule has 0 spiro atoms. The van der Waals surface area contributed by atoms with Gasteiger partial charge in [-0.2, -0.15) is 0 Å². The molecule has 1 aliphatic heterocycles. The third-order valence-electron chi connectivity index (χ3n) is 5.39. The molecule has 1 unspecified atom stereocenters. The average molecular weight is 370 g/mol. The molecule has 1 aromatic carbocycles. The van der Waals surface area contributed by atoms with Crippen molar-refractivity contribution < 1.29 is 9.18 Å². The number of rotatable bonds is 8. The van der Waals surface area contributed by atoms with Gasteiger partial charge in [-0.05, 0) is 80.2 Å². The first-order valence-electron chi connectivity index (χ1n) is 9.51. The Morgan fingerprint density at radius 1 is 1.26 bits per heavy atom. The summed E-state index contributed by atoms with van der Waals surface area (Å²) in [7, 11) is 0. The Labute approximate surface area is 159 Å². The highest BCUT2D eigenvalue weighted by molar-refractivity contribution is 5.86. The van der Waals surface area contributed by atoms with Crippen molar-refractivity contribution in [1.82, 2.24) is 15.6 Å². The van der Waals surface area contributed by atoms with E-state index < -0.39 is 11.4 Å². The second-order valence-electron chi connectivity index (χ2n) is 7.22.